The molecule has 1 aliphatic carbocycles. The van der Waals surface area contributed by atoms with Crippen LogP contribution in [0.5, 0.6) is 0 Å². The second-order valence-electron chi connectivity index (χ2n) is 4.94. The molecule has 0 saturated carbocycles. The van der Waals surface area contributed by atoms with Gasteiger partial charge in [-0.1, -0.05) is 18.2 Å². The van der Waals surface area contributed by atoms with Crippen LogP contribution in [0, 0.1) is 0 Å². The Morgan fingerprint density at radius 3 is 2.68 bits per heavy atom. The molecular formula is C15H19NO3. The van der Waals surface area contributed by atoms with Gasteiger partial charge in [0.05, 0.1) is 6.42 Å². The van der Waals surface area contributed by atoms with Gasteiger partial charge >= 0.3 is 5.97 Å². The average molecular weight is 261 g/mol. The maximum atomic E-state index is 12.0. The molecule has 1 aromatic carbocycles. The minimum absolute atomic E-state index is 0.122. The SMILES string of the molecule is CCN(CC(=O)O)C(=O)Cc1ccc2c(c1)CCC2. The summed E-state index contributed by atoms with van der Waals surface area (Å²) in [6.07, 6.45) is 3.69. The number of benzene rings is 1. The minimum Gasteiger partial charge on any atom is -0.480 e. The van der Waals surface area contributed by atoms with Crippen molar-refractivity contribution in [3.8, 4) is 0 Å². The number of amides is 1. The third kappa shape index (κ3) is 3.34. The number of carbonyl (C=O) groups excluding carboxylic acids is 1. The third-order valence-corrected chi connectivity index (χ3v) is 3.58. The number of rotatable bonds is 5. The van der Waals surface area contributed by atoms with Crippen LogP contribution < -0.4 is 0 Å². The maximum absolute atomic E-state index is 12.0. The molecule has 0 heterocycles. The summed E-state index contributed by atoms with van der Waals surface area (Å²) in [6.45, 7) is 2.00. The second kappa shape index (κ2) is 5.87. The first-order valence-electron chi connectivity index (χ1n) is 6.70. The Morgan fingerprint density at radius 1 is 1.26 bits per heavy atom. The van der Waals surface area contributed by atoms with Gasteiger partial charge in [0.15, 0.2) is 0 Å². The number of carboxylic acids is 1. The number of carbonyl (C=O) groups is 2. The van der Waals surface area contributed by atoms with Gasteiger partial charge in [-0.25, -0.2) is 0 Å². The van der Waals surface area contributed by atoms with Crippen molar-refractivity contribution in [3.05, 3.63) is 34.9 Å². The number of aryl methyl sites for hydroxylation is 2. The van der Waals surface area contributed by atoms with Crippen LogP contribution in [0.1, 0.15) is 30.0 Å². The summed E-state index contributed by atoms with van der Waals surface area (Å²) in [6, 6.07) is 6.17. The molecule has 0 saturated heterocycles. The van der Waals surface area contributed by atoms with Gasteiger partial charge in [-0.05, 0) is 42.9 Å². The van der Waals surface area contributed by atoms with E-state index in [9.17, 15) is 9.59 Å². The maximum Gasteiger partial charge on any atom is 0.323 e. The highest BCUT2D eigenvalue weighted by atomic mass is 16.4. The number of likely N-dealkylation sites (N-methyl/N-ethyl adjacent to an activating group) is 1. The summed E-state index contributed by atoms with van der Waals surface area (Å²) in [5, 5.41) is 8.76. The summed E-state index contributed by atoms with van der Waals surface area (Å²) in [5.41, 5.74) is 3.70. The third-order valence-electron chi connectivity index (χ3n) is 3.58. The van der Waals surface area contributed by atoms with E-state index in [-0.39, 0.29) is 18.9 Å². The zero-order valence-corrected chi connectivity index (χ0v) is 11.2. The van der Waals surface area contributed by atoms with E-state index in [0.29, 0.717) is 6.54 Å². The fourth-order valence-electron chi connectivity index (χ4n) is 2.56. The number of hydrogen-bond donors (Lipinski definition) is 1. The molecule has 0 aromatic heterocycles. The van der Waals surface area contributed by atoms with E-state index in [4.69, 9.17) is 5.11 Å². The zero-order valence-electron chi connectivity index (χ0n) is 11.2. The van der Waals surface area contributed by atoms with Crippen molar-refractivity contribution in [1.29, 1.82) is 0 Å². The van der Waals surface area contributed by atoms with Crippen LogP contribution in [0.4, 0.5) is 0 Å². The monoisotopic (exact) mass is 261 g/mol. The molecule has 0 atom stereocenters. The molecular weight excluding hydrogens is 242 g/mol. The number of carboxylic acid groups (broad SMARTS) is 1. The first-order chi connectivity index (χ1) is 9.10. The van der Waals surface area contributed by atoms with Gasteiger partial charge < -0.3 is 10.0 Å². The average Bonchev–Trinajstić information content (AvgIpc) is 2.82. The first kappa shape index (κ1) is 13.6. The Hall–Kier alpha value is -1.84. The highest BCUT2D eigenvalue weighted by Crippen LogP contribution is 2.23. The number of aliphatic carboxylic acids is 1. The topological polar surface area (TPSA) is 57.6 Å². The quantitative estimate of drug-likeness (QED) is 0.876. The summed E-state index contributed by atoms with van der Waals surface area (Å²) < 4.78 is 0. The summed E-state index contributed by atoms with van der Waals surface area (Å²) in [7, 11) is 0. The van der Waals surface area contributed by atoms with Crippen molar-refractivity contribution in [1.82, 2.24) is 4.90 Å². The molecule has 0 fully saturated rings. The van der Waals surface area contributed by atoms with E-state index in [0.717, 1.165) is 18.4 Å². The Balaban J connectivity index is 2.03. The number of nitrogens with zero attached hydrogens (tertiary/aromatic N) is 1. The summed E-state index contributed by atoms with van der Waals surface area (Å²) in [5.74, 6) is -1.09. The van der Waals surface area contributed by atoms with Crippen molar-refractivity contribution in [2.45, 2.75) is 32.6 Å². The molecule has 2 rings (SSSR count). The van der Waals surface area contributed by atoms with Crippen molar-refractivity contribution >= 4 is 11.9 Å². The normalized spacial score (nSPS) is 13.1. The fraction of sp³-hybridized carbons (Fsp3) is 0.467. The lowest BCUT2D eigenvalue weighted by atomic mass is 10.0. The van der Waals surface area contributed by atoms with Crippen LogP contribution in [-0.2, 0) is 28.9 Å². The second-order valence-corrected chi connectivity index (χ2v) is 4.94. The lowest BCUT2D eigenvalue weighted by Crippen LogP contribution is -2.36. The largest absolute Gasteiger partial charge is 0.480 e. The molecule has 4 heteroatoms. The molecule has 1 N–H and O–H groups in total. The van der Waals surface area contributed by atoms with Crippen molar-refractivity contribution in [2.24, 2.45) is 0 Å². The number of fused-ring (bicyclic) bond motifs is 1. The van der Waals surface area contributed by atoms with Gasteiger partial charge in [0.25, 0.3) is 0 Å². The van der Waals surface area contributed by atoms with Gasteiger partial charge in [-0.3, -0.25) is 9.59 Å². The van der Waals surface area contributed by atoms with E-state index in [2.05, 4.69) is 12.1 Å². The smallest absolute Gasteiger partial charge is 0.323 e. The number of hydrogen-bond acceptors (Lipinski definition) is 2. The van der Waals surface area contributed by atoms with E-state index < -0.39 is 5.97 Å². The molecule has 0 aliphatic heterocycles. The molecule has 1 aliphatic rings. The van der Waals surface area contributed by atoms with Crippen molar-refractivity contribution in [2.75, 3.05) is 13.1 Å². The van der Waals surface area contributed by atoms with Crippen LogP contribution in [0.2, 0.25) is 0 Å². The molecule has 0 bridgehead atoms. The van der Waals surface area contributed by atoms with Crippen LogP contribution in [0.3, 0.4) is 0 Å². The predicted octanol–water partition coefficient (Wildman–Crippen LogP) is 1.65. The van der Waals surface area contributed by atoms with E-state index >= 15 is 0 Å². The lowest BCUT2D eigenvalue weighted by Gasteiger charge is -2.18. The van der Waals surface area contributed by atoms with Gasteiger partial charge in [0.1, 0.15) is 6.54 Å². The molecule has 4 nitrogen and oxygen atoms in total. The van der Waals surface area contributed by atoms with E-state index in [1.54, 1.807) is 6.92 Å². The van der Waals surface area contributed by atoms with Crippen LogP contribution in [-0.4, -0.2) is 35.0 Å². The van der Waals surface area contributed by atoms with Gasteiger partial charge in [-0.15, -0.1) is 0 Å². The molecule has 0 radical (unpaired) electrons. The van der Waals surface area contributed by atoms with Gasteiger partial charge in [-0.2, -0.15) is 0 Å². The van der Waals surface area contributed by atoms with Crippen LogP contribution >= 0.6 is 0 Å². The summed E-state index contributed by atoms with van der Waals surface area (Å²) >= 11 is 0. The molecule has 1 aromatic rings. The Bertz CT molecular complexity index is 496. The Morgan fingerprint density at radius 2 is 2.00 bits per heavy atom. The van der Waals surface area contributed by atoms with Crippen LogP contribution in [0.15, 0.2) is 18.2 Å². The first-order valence-corrected chi connectivity index (χ1v) is 6.70. The molecule has 102 valence electrons. The minimum atomic E-state index is -0.968. The lowest BCUT2D eigenvalue weighted by molar-refractivity contribution is -0.144. The zero-order chi connectivity index (χ0) is 13.8. The van der Waals surface area contributed by atoms with Gasteiger partial charge in [0, 0.05) is 6.54 Å². The molecule has 0 spiro atoms. The van der Waals surface area contributed by atoms with Crippen molar-refractivity contribution < 1.29 is 14.7 Å². The predicted molar refractivity (Wildman–Crippen MR) is 72.1 cm³/mol. The van der Waals surface area contributed by atoms with Crippen molar-refractivity contribution in [3.63, 3.8) is 0 Å². The fourth-order valence-corrected chi connectivity index (χ4v) is 2.56. The highest BCUT2D eigenvalue weighted by Gasteiger charge is 2.17. The van der Waals surface area contributed by atoms with Crippen LogP contribution in [0.25, 0.3) is 0 Å². The summed E-state index contributed by atoms with van der Waals surface area (Å²) in [4.78, 5) is 24.1. The standard InChI is InChI=1S/C15H19NO3/c1-2-16(10-15(18)19)14(17)9-11-6-7-12-4-3-5-13(12)8-11/h6-8H,2-5,9-10H2,1H3,(H,18,19). The van der Waals surface area contributed by atoms with E-state index in [1.807, 2.05) is 6.07 Å². The molecule has 1 amide bonds. The molecule has 0 unspecified atom stereocenters. The van der Waals surface area contributed by atoms with E-state index in [1.165, 1.54) is 22.4 Å². The molecule has 19 heavy (non-hydrogen) atoms. The Labute approximate surface area is 113 Å². The highest BCUT2D eigenvalue weighted by molar-refractivity contribution is 5.83. The van der Waals surface area contributed by atoms with Gasteiger partial charge in [0.2, 0.25) is 5.91 Å². The Kier molecular flexibility index (Phi) is 4.20.